The van der Waals surface area contributed by atoms with E-state index in [1.807, 2.05) is 31.2 Å². The molecule has 0 aliphatic rings. The van der Waals surface area contributed by atoms with Gasteiger partial charge in [-0.05, 0) is 37.5 Å². The smallest absolute Gasteiger partial charge is 0.550 e. The number of hydrogen-bond acceptors (Lipinski definition) is 3. The Hall–Kier alpha value is -0.510. The molecule has 0 saturated heterocycles. The van der Waals surface area contributed by atoms with Gasteiger partial charge in [0.05, 0.1) is 6.61 Å². The summed E-state index contributed by atoms with van der Waals surface area (Å²) in [5.41, 5.74) is 1.13. The van der Waals surface area contributed by atoms with E-state index in [0.29, 0.717) is 13.0 Å². The third kappa shape index (κ3) is 6.55. The number of carbonyl (C=O) groups excluding carboxylic acids is 1. The molecule has 15 heavy (non-hydrogen) atoms. The predicted molar refractivity (Wildman–Crippen MR) is 50.9 cm³/mol. The van der Waals surface area contributed by atoms with E-state index in [-0.39, 0.29) is 36.0 Å². The Morgan fingerprint density at radius 2 is 2.20 bits per heavy atom. The fraction of sp³-hybridized carbons (Fsp3) is 0.364. The second-order valence-electron chi connectivity index (χ2n) is 3.14. The van der Waals surface area contributed by atoms with Gasteiger partial charge in [0, 0.05) is 5.97 Å². The second-order valence-corrected chi connectivity index (χ2v) is 3.14. The number of rotatable bonds is 5. The maximum absolute atomic E-state index is 10.1. The van der Waals surface area contributed by atoms with Crippen molar-refractivity contribution in [3.8, 4) is 5.75 Å². The molecule has 76 valence electrons. The summed E-state index contributed by atoms with van der Waals surface area (Å²) >= 11 is 0. The van der Waals surface area contributed by atoms with Crippen LogP contribution in [0.2, 0.25) is 0 Å². The van der Waals surface area contributed by atoms with Crippen LogP contribution in [0.4, 0.5) is 0 Å². The second kappa shape index (κ2) is 7.74. The van der Waals surface area contributed by atoms with Crippen LogP contribution in [0.15, 0.2) is 24.3 Å². The molecule has 0 spiro atoms. The van der Waals surface area contributed by atoms with Crippen LogP contribution in [0.3, 0.4) is 0 Å². The van der Waals surface area contributed by atoms with Gasteiger partial charge in [-0.1, -0.05) is 12.1 Å². The number of ether oxygens (including phenoxy) is 1. The fourth-order valence-electron chi connectivity index (χ4n) is 1.11. The van der Waals surface area contributed by atoms with Gasteiger partial charge in [-0.2, -0.15) is 0 Å². The third-order valence-corrected chi connectivity index (χ3v) is 1.78. The van der Waals surface area contributed by atoms with Gasteiger partial charge in [0.25, 0.3) is 0 Å². The average molecular weight is 216 g/mol. The van der Waals surface area contributed by atoms with E-state index in [9.17, 15) is 9.90 Å². The SMILES string of the molecule is Cc1cccc(OCCCC(=O)[O-])c1.[Na+]. The van der Waals surface area contributed by atoms with Gasteiger partial charge in [0.15, 0.2) is 0 Å². The maximum atomic E-state index is 10.1. The summed E-state index contributed by atoms with van der Waals surface area (Å²) in [7, 11) is 0. The van der Waals surface area contributed by atoms with Gasteiger partial charge >= 0.3 is 29.6 Å². The molecule has 0 aliphatic carbocycles. The Balaban J connectivity index is 0.00000196. The standard InChI is InChI=1S/C11H14O3.Na/c1-9-4-2-5-10(8-9)14-7-3-6-11(12)13;/h2,4-5,8H,3,6-7H2,1H3,(H,12,13);/q;+1/p-1. The molecule has 0 heterocycles. The molecule has 1 aromatic carbocycles. The Bertz CT molecular complexity index is 312. The normalized spacial score (nSPS) is 9.13. The summed E-state index contributed by atoms with van der Waals surface area (Å²) in [6.45, 7) is 2.39. The van der Waals surface area contributed by atoms with Crippen molar-refractivity contribution >= 4 is 5.97 Å². The molecule has 4 heteroatoms. The van der Waals surface area contributed by atoms with Crippen molar-refractivity contribution in [3.05, 3.63) is 29.8 Å². The predicted octanol–water partition coefficient (Wildman–Crippen LogP) is -2.09. The molecule has 0 aromatic heterocycles. The Morgan fingerprint density at radius 1 is 1.47 bits per heavy atom. The van der Waals surface area contributed by atoms with E-state index in [2.05, 4.69) is 0 Å². The minimum absolute atomic E-state index is 0. The zero-order chi connectivity index (χ0) is 10.4. The van der Waals surface area contributed by atoms with Crippen LogP contribution >= 0.6 is 0 Å². The van der Waals surface area contributed by atoms with Crippen molar-refractivity contribution in [2.45, 2.75) is 19.8 Å². The molecule has 0 N–H and O–H groups in total. The van der Waals surface area contributed by atoms with Crippen molar-refractivity contribution in [1.29, 1.82) is 0 Å². The van der Waals surface area contributed by atoms with Crippen molar-refractivity contribution < 1.29 is 44.2 Å². The van der Waals surface area contributed by atoms with Crippen LogP contribution in [0, 0.1) is 6.92 Å². The molecule has 0 bridgehead atoms. The van der Waals surface area contributed by atoms with Crippen LogP contribution in [-0.2, 0) is 4.79 Å². The first-order valence-electron chi connectivity index (χ1n) is 4.58. The van der Waals surface area contributed by atoms with E-state index in [4.69, 9.17) is 4.74 Å². The Kier molecular flexibility index (Phi) is 7.48. The topological polar surface area (TPSA) is 49.4 Å². The first-order chi connectivity index (χ1) is 6.68. The minimum atomic E-state index is -1.03. The number of benzene rings is 1. The summed E-state index contributed by atoms with van der Waals surface area (Å²) in [6, 6.07) is 7.66. The van der Waals surface area contributed by atoms with Crippen LogP contribution in [-0.4, -0.2) is 12.6 Å². The number of carbonyl (C=O) groups is 1. The molecule has 0 fully saturated rings. The summed E-state index contributed by atoms with van der Waals surface area (Å²) in [6.07, 6.45) is 0.530. The zero-order valence-corrected chi connectivity index (χ0v) is 11.2. The molecule has 0 amide bonds. The molecule has 3 nitrogen and oxygen atoms in total. The summed E-state index contributed by atoms with van der Waals surface area (Å²) < 4.78 is 5.35. The minimum Gasteiger partial charge on any atom is -0.550 e. The van der Waals surface area contributed by atoms with Crippen molar-refractivity contribution in [1.82, 2.24) is 0 Å². The molecule has 1 aromatic rings. The van der Waals surface area contributed by atoms with Gasteiger partial charge in [-0.25, -0.2) is 0 Å². The van der Waals surface area contributed by atoms with Crippen LogP contribution < -0.4 is 39.4 Å². The van der Waals surface area contributed by atoms with Gasteiger partial charge in [-0.15, -0.1) is 0 Å². The summed E-state index contributed by atoms with van der Waals surface area (Å²) in [5, 5.41) is 10.1. The zero-order valence-electron chi connectivity index (χ0n) is 9.16. The molecule has 0 aliphatic heterocycles. The molecule has 0 atom stereocenters. The van der Waals surface area contributed by atoms with E-state index in [1.165, 1.54) is 0 Å². The van der Waals surface area contributed by atoms with Gasteiger partial charge in [0.2, 0.25) is 0 Å². The van der Waals surface area contributed by atoms with Gasteiger partial charge in [-0.3, -0.25) is 0 Å². The number of hydrogen-bond donors (Lipinski definition) is 0. The van der Waals surface area contributed by atoms with E-state index in [1.54, 1.807) is 0 Å². The van der Waals surface area contributed by atoms with Crippen LogP contribution in [0.25, 0.3) is 0 Å². The first-order valence-corrected chi connectivity index (χ1v) is 4.58. The number of aliphatic carboxylic acids is 1. The molecular formula is C11H13NaO3. The average Bonchev–Trinajstić information content (AvgIpc) is 2.12. The monoisotopic (exact) mass is 216 g/mol. The molecular weight excluding hydrogens is 203 g/mol. The number of carboxylic acids is 1. The van der Waals surface area contributed by atoms with E-state index < -0.39 is 5.97 Å². The number of aryl methyl sites for hydroxylation is 1. The van der Waals surface area contributed by atoms with Crippen LogP contribution in [0.5, 0.6) is 5.75 Å². The van der Waals surface area contributed by atoms with Gasteiger partial charge in [0.1, 0.15) is 5.75 Å². The Labute approximate surface area is 112 Å². The molecule has 1 rings (SSSR count). The molecule has 0 unspecified atom stereocenters. The fourth-order valence-corrected chi connectivity index (χ4v) is 1.11. The molecule has 0 radical (unpaired) electrons. The van der Waals surface area contributed by atoms with Gasteiger partial charge < -0.3 is 14.6 Å². The van der Waals surface area contributed by atoms with Crippen molar-refractivity contribution in [2.24, 2.45) is 0 Å². The first kappa shape index (κ1) is 14.5. The maximum Gasteiger partial charge on any atom is 1.00 e. The number of carboxylic acid groups (broad SMARTS) is 1. The summed E-state index contributed by atoms with van der Waals surface area (Å²) in [5.74, 6) is -0.249. The quantitative estimate of drug-likeness (QED) is 0.419. The summed E-state index contributed by atoms with van der Waals surface area (Å²) in [4.78, 5) is 10.1. The van der Waals surface area contributed by atoms with Crippen LogP contribution in [0.1, 0.15) is 18.4 Å². The third-order valence-electron chi connectivity index (χ3n) is 1.78. The van der Waals surface area contributed by atoms with E-state index >= 15 is 0 Å². The largest absolute Gasteiger partial charge is 1.00 e. The Morgan fingerprint density at radius 3 is 2.80 bits per heavy atom. The van der Waals surface area contributed by atoms with Crippen molar-refractivity contribution in [2.75, 3.05) is 6.61 Å². The van der Waals surface area contributed by atoms with Crippen molar-refractivity contribution in [3.63, 3.8) is 0 Å². The van der Waals surface area contributed by atoms with E-state index in [0.717, 1.165) is 11.3 Å². The molecule has 0 saturated carbocycles.